The molecule has 19 heavy (non-hydrogen) atoms. The number of carbonyl (C=O) groups excluding carboxylic acids is 1. The Balaban J connectivity index is 1.86. The standard InChI is InChI=1S/C14H11ClN2O2/c1-8-6-9(15)2-3-10(8)17-14(18)12-7-13-11(16-12)4-5-19-13/h2-7,16H,1H3,(H,17,18). The number of halogens is 1. The zero-order valence-corrected chi connectivity index (χ0v) is 10.9. The number of H-pyrrole nitrogens is 1. The van der Waals surface area contributed by atoms with Gasteiger partial charge in [0.2, 0.25) is 0 Å². The molecule has 2 heterocycles. The van der Waals surface area contributed by atoms with Crippen LogP contribution in [0.3, 0.4) is 0 Å². The molecule has 0 atom stereocenters. The Labute approximate surface area is 114 Å². The Bertz CT molecular complexity index is 729. The monoisotopic (exact) mass is 274 g/mol. The van der Waals surface area contributed by atoms with Gasteiger partial charge in [-0.2, -0.15) is 0 Å². The second-order valence-corrected chi connectivity index (χ2v) is 4.73. The minimum absolute atomic E-state index is 0.211. The van der Waals surface area contributed by atoms with Gasteiger partial charge in [0.1, 0.15) is 5.69 Å². The van der Waals surface area contributed by atoms with E-state index in [9.17, 15) is 4.79 Å². The third kappa shape index (κ3) is 2.22. The average Bonchev–Trinajstić information content (AvgIpc) is 2.93. The van der Waals surface area contributed by atoms with Gasteiger partial charge in [-0.05, 0) is 30.7 Å². The van der Waals surface area contributed by atoms with Crippen LogP contribution in [0.25, 0.3) is 11.1 Å². The molecule has 0 radical (unpaired) electrons. The first-order chi connectivity index (χ1) is 9.13. The molecular formula is C14H11ClN2O2. The van der Waals surface area contributed by atoms with Crippen LogP contribution in [0.15, 0.2) is 41.0 Å². The lowest BCUT2D eigenvalue weighted by Crippen LogP contribution is -2.13. The molecule has 0 spiro atoms. The Hall–Kier alpha value is -2.20. The molecule has 2 N–H and O–H groups in total. The predicted molar refractivity (Wildman–Crippen MR) is 74.7 cm³/mol. The van der Waals surface area contributed by atoms with Crippen LogP contribution in [-0.4, -0.2) is 10.9 Å². The van der Waals surface area contributed by atoms with E-state index in [1.807, 2.05) is 6.92 Å². The fourth-order valence-electron chi connectivity index (χ4n) is 1.93. The lowest BCUT2D eigenvalue weighted by molar-refractivity contribution is 0.102. The smallest absolute Gasteiger partial charge is 0.272 e. The summed E-state index contributed by atoms with van der Waals surface area (Å²) in [5.74, 6) is -0.211. The second-order valence-electron chi connectivity index (χ2n) is 4.29. The van der Waals surface area contributed by atoms with Crippen LogP contribution in [-0.2, 0) is 0 Å². The maximum absolute atomic E-state index is 12.1. The van der Waals surface area contributed by atoms with Crippen LogP contribution in [0.4, 0.5) is 5.69 Å². The molecule has 1 aromatic carbocycles. The Morgan fingerprint density at radius 2 is 2.16 bits per heavy atom. The number of aryl methyl sites for hydroxylation is 1. The molecule has 1 amide bonds. The minimum Gasteiger partial charge on any atom is -0.463 e. The van der Waals surface area contributed by atoms with E-state index in [0.717, 1.165) is 16.8 Å². The van der Waals surface area contributed by atoms with Crippen molar-refractivity contribution in [2.24, 2.45) is 0 Å². The maximum atomic E-state index is 12.1. The number of benzene rings is 1. The number of aromatic amines is 1. The summed E-state index contributed by atoms with van der Waals surface area (Å²) in [7, 11) is 0. The molecule has 0 saturated heterocycles. The van der Waals surface area contributed by atoms with E-state index >= 15 is 0 Å². The van der Waals surface area contributed by atoms with Gasteiger partial charge in [-0.25, -0.2) is 0 Å². The van der Waals surface area contributed by atoms with Crippen LogP contribution in [0, 0.1) is 6.92 Å². The van der Waals surface area contributed by atoms with Crippen molar-refractivity contribution in [1.82, 2.24) is 4.98 Å². The number of carbonyl (C=O) groups is 1. The van der Waals surface area contributed by atoms with Gasteiger partial charge in [0.05, 0.1) is 11.8 Å². The Kier molecular flexibility index (Phi) is 2.80. The van der Waals surface area contributed by atoms with E-state index in [1.165, 1.54) is 0 Å². The van der Waals surface area contributed by atoms with Crippen LogP contribution in [0.5, 0.6) is 0 Å². The molecule has 96 valence electrons. The highest BCUT2D eigenvalue weighted by atomic mass is 35.5. The zero-order chi connectivity index (χ0) is 13.4. The minimum atomic E-state index is -0.211. The quantitative estimate of drug-likeness (QED) is 0.743. The number of fused-ring (bicyclic) bond motifs is 1. The van der Waals surface area contributed by atoms with Gasteiger partial charge in [0.25, 0.3) is 5.91 Å². The fourth-order valence-corrected chi connectivity index (χ4v) is 2.15. The summed E-state index contributed by atoms with van der Waals surface area (Å²) >= 11 is 5.88. The highest BCUT2D eigenvalue weighted by molar-refractivity contribution is 6.30. The SMILES string of the molecule is Cc1cc(Cl)ccc1NC(=O)c1cc2occc2[nH]1. The molecule has 0 fully saturated rings. The van der Waals surface area contributed by atoms with Crippen molar-refractivity contribution in [1.29, 1.82) is 0 Å². The fraction of sp³-hybridized carbons (Fsp3) is 0.0714. The predicted octanol–water partition coefficient (Wildman–Crippen LogP) is 3.98. The van der Waals surface area contributed by atoms with Crippen molar-refractivity contribution in [3.63, 3.8) is 0 Å². The highest BCUT2D eigenvalue weighted by Crippen LogP contribution is 2.21. The van der Waals surface area contributed by atoms with E-state index in [4.69, 9.17) is 16.0 Å². The van der Waals surface area contributed by atoms with Crippen molar-refractivity contribution in [2.45, 2.75) is 6.92 Å². The number of nitrogens with one attached hydrogen (secondary N) is 2. The van der Waals surface area contributed by atoms with Gasteiger partial charge in [-0.1, -0.05) is 11.6 Å². The van der Waals surface area contributed by atoms with Crippen LogP contribution in [0.2, 0.25) is 5.02 Å². The highest BCUT2D eigenvalue weighted by Gasteiger charge is 2.12. The van der Waals surface area contributed by atoms with Crippen LogP contribution in [0.1, 0.15) is 16.1 Å². The topological polar surface area (TPSA) is 58.0 Å². The van der Waals surface area contributed by atoms with E-state index in [2.05, 4.69) is 10.3 Å². The summed E-state index contributed by atoms with van der Waals surface area (Å²) in [4.78, 5) is 15.1. The number of furan rings is 1. The van der Waals surface area contributed by atoms with Gasteiger partial charge in [-0.15, -0.1) is 0 Å². The second kappa shape index (κ2) is 4.48. The number of rotatable bonds is 2. The molecule has 5 heteroatoms. The normalized spacial score (nSPS) is 10.8. The van der Waals surface area contributed by atoms with Crippen molar-refractivity contribution in [2.75, 3.05) is 5.32 Å². The summed E-state index contributed by atoms with van der Waals surface area (Å²) in [5.41, 5.74) is 3.58. The summed E-state index contributed by atoms with van der Waals surface area (Å²) < 4.78 is 5.21. The summed E-state index contributed by atoms with van der Waals surface area (Å²) in [6.07, 6.45) is 1.58. The van der Waals surface area contributed by atoms with E-state index < -0.39 is 0 Å². The summed E-state index contributed by atoms with van der Waals surface area (Å²) in [6, 6.07) is 8.78. The van der Waals surface area contributed by atoms with Gasteiger partial charge >= 0.3 is 0 Å². The number of aromatic nitrogens is 1. The van der Waals surface area contributed by atoms with Crippen LogP contribution < -0.4 is 5.32 Å². The molecule has 0 bridgehead atoms. The first kappa shape index (κ1) is 11.9. The number of anilines is 1. The lowest BCUT2D eigenvalue weighted by atomic mass is 10.2. The molecule has 0 aliphatic heterocycles. The third-order valence-corrected chi connectivity index (χ3v) is 3.16. The molecule has 0 aliphatic rings. The first-order valence-electron chi connectivity index (χ1n) is 5.77. The number of amides is 1. The summed E-state index contributed by atoms with van der Waals surface area (Å²) in [6.45, 7) is 1.89. The molecule has 0 unspecified atom stereocenters. The maximum Gasteiger partial charge on any atom is 0.272 e. The number of hydrogen-bond acceptors (Lipinski definition) is 2. The van der Waals surface area contributed by atoms with Gasteiger partial charge in [0, 0.05) is 22.8 Å². The first-order valence-corrected chi connectivity index (χ1v) is 6.15. The van der Waals surface area contributed by atoms with Gasteiger partial charge in [0.15, 0.2) is 5.58 Å². The molecule has 3 aromatic rings. The van der Waals surface area contributed by atoms with Gasteiger partial charge in [-0.3, -0.25) is 4.79 Å². The van der Waals surface area contributed by atoms with E-state index in [1.54, 1.807) is 36.6 Å². The lowest BCUT2D eigenvalue weighted by Gasteiger charge is -2.07. The van der Waals surface area contributed by atoms with E-state index in [0.29, 0.717) is 16.3 Å². The average molecular weight is 275 g/mol. The van der Waals surface area contributed by atoms with Crippen molar-refractivity contribution >= 4 is 34.3 Å². The van der Waals surface area contributed by atoms with E-state index in [-0.39, 0.29) is 5.91 Å². The molecule has 0 saturated carbocycles. The van der Waals surface area contributed by atoms with Gasteiger partial charge < -0.3 is 14.7 Å². The van der Waals surface area contributed by atoms with Crippen LogP contribution >= 0.6 is 11.6 Å². The third-order valence-electron chi connectivity index (χ3n) is 2.92. The Morgan fingerprint density at radius 1 is 1.32 bits per heavy atom. The van der Waals surface area contributed by atoms with Crippen molar-refractivity contribution in [3.05, 3.63) is 52.9 Å². The Morgan fingerprint density at radius 3 is 2.89 bits per heavy atom. The molecule has 3 rings (SSSR count). The number of hydrogen-bond donors (Lipinski definition) is 2. The van der Waals surface area contributed by atoms with Crippen molar-refractivity contribution in [3.8, 4) is 0 Å². The molecule has 4 nitrogen and oxygen atoms in total. The molecule has 2 aromatic heterocycles. The van der Waals surface area contributed by atoms with Crippen molar-refractivity contribution < 1.29 is 9.21 Å². The summed E-state index contributed by atoms with van der Waals surface area (Å²) in [5, 5.41) is 3.48. The zero-order valence-electron chi connectivity index (χ0n) is 10.2. The molecular weight excluding hydrogens is 264 g/mol. The largest absolute Gasteiger partial charge is 0.463 e. The molecule has 0 aliphatic carbocycles.